The number of benzene rings is 2. The molecule has 0 bridgehead atoms. The van der Waals surface area contributed by atoms with Crippen molar-refractivity contribution in [3.8, 4) is 11.5 Å². The van der Waals surface area contributed by atoms with Crippen LogP contribution in [0.3, 0.4) is 0 Å². The first-order chi connectivity index (χ1) is 11.7. The third-order valence-corrected chi connectivity index (χ3v) is 3.45. The van der Waals surface area contributed by atoms with Crippen LogP contribution in [-0.2, 0) is 11.3 Å². The van der Waals surface area contributed by atoms with Crippen LogP contribution in [0.1, 0.15) is 26.3 Å². The van der Waals surface area contributed by atoms with Gasteiger partial charge in [-0.1, -0.05) is 12.1 Å². The molecule has 3 rings (SSSR count). The van der Waals surface area contributed by atoms with E-state index >= 15 is 0 Å². The van der Waals surface area contributed by atoms with Crippen molar-refractivity contribution in [2.24, 2.45) is 0 Å². The molecule has 1 aliphatic heterocycles. The highest BCUT2D eigenvalue weighted by molar-refractivity contribution is 5.99. The van der Waals surface area contributed by atoms with Gasteiger partial charge in [0.15, 0.2) is 11.5 Å². The molecule has 0 fully saturated rings. The molecule has 0 unspecified atom stereocenters. The van der Waals surface area contributed by atoms with Gasteiger partial charge in [-0.05, 0) is 35.9 Å². The second kappa shape index (κ2) is 7.01. The molecule has 0 radical (unpaired) electrons. The normalized spacial score (nSPS) is 11.9. The average molecular weight is 328 g/mol. The van der Waals surface area contributed by atoms with Gasteiger partial charge in [0.1, 0.15) is 0 Å². The first kappa shape index (κ1) is 15.8. The maximum atomic E-state index is 12.1. The number of nitrogens with one attached hydrogen (secondary N) is 2. The molecule has 1 aliphatic rings. The fourth-order valence-corrected chi connectivity index (χ4v) is 2.21. The number of ether oxygens (including phenoxy) is 3. The number of fused-ring (bicyclic) bond motifs is 1. The first-order valence-electron chi connectivity index (χ1n) is 7.25. The summed E-state index contributed by atoms with van der Waals surface area (Å²) in [7, 11) is 1.60. The number of amides is 2. The largest absolute Gasteiger partial charge is 0.454 e. The van der Waals surface area contributed by atoms with Gasteiger partial charge in [0, 0.05) is 18.2 Å². The Bertz CT molecular complexity index is 758. The van der Waals surface area contributed by atoms with Crippen molar-refractivity contribution in [2.45, 2.75) is 6.61 Å². The number of carbonyl (C=O) groups is 2. The lowest BCUT2D eigenvalue weighted by Crippen LogP contribution is -2.41. The minimum atomic E-state index is -0.447. The van der Waals surface area contributed by atoms with Crippen LogP contribution in [0, 0.1) is 0 Å². The predicted octanol–water partition coefficient (Wildman–Crippen LogP) is 1.64. The Morgan fingerprint density at radius 1 is 0.958 bits per heavy atom. The van der Waals surface area contributed by atoms with Crippen molar-refractivity contribution < 1.29 is 23.8 Å². The Balaban J connectivity index is 1.58. The molecule has 7 nitrogen and oxygen atoms in total. The summed E-state index contributed by atoms with van der Waals surface area (Å²) in [4.78, 5) is 24.1. The van der Waals surface area contributed by atoms with Crippen molar-refractivity contribution in [1.29, 1.82) is 0 Å². The summed E-state index contributed by atoms with van der Waals surface area (Å²) >= 11 is 0. The van der Waals surface area contributed by atoms with Gasteiger partial charge < -0.3 is 14.2 Å². The zero-order valence-corrected chi connectivity index (χ0v) is 13.0. The Kier molecular flexibility index (Phi) is 4.62. The average Bonchev–Trinajstić information content (AvgIpc) is 3.08. The third kappa shape index (κ3) is 3.47. The van der Waals surface area contributed by atoms with E-state index in [9.17, 15) is 9.59 Å². The maximum Gasteiger partial charge on any atom is 0.269 e. The lowest BCUT2D eigenvalue weighted by molar-refractivity contribution is 0.0846. The second-order valence-corrected chi connectivity index (χ2v) is 5.11. The fourth-order valence-electron chi connectivity index (χ4n) is 2.21. The number of carbonyl (C=O) groups excluding carboxylic acids is 2. The van der Waals surface area contributed by atoms with Crippen LogP contribution in [0.15, 0.2) is 42.5 Å². The van der Waals surface area contributed by atoms with Crippen molar-refractivity contribution >= 4 is 11.8 Å². The lowest BCUT2D eigenvalue weighted by Gasteiger charge is -2.08. The predicted molar refractivity (Wildman–Crippen MR) is 84.7 cm³/mol. The summed E-state index contributed by atoms with van der Waals surface area (Å²) in [6.45, 7) is 0.610. The third-order valence-electron chi connectivity index (χ3n) is 3.45. The van der Waals surface area contributed by atoms with Crippen LogP contribution in [0.5, 0.6) is 11.5 Å². The Labute approximate surface area is 138 Å². The topological polar surface area (TPSA) is 85.9 Å². The first-order valence-corrected chi connectivity index (χ1v) is 7.25. The molecular formula is C17H16N2O5. The fraction of sp³-hybridized carbons (Fsp3) is 0.176. The van der Waals surface area contributed by atoms with Gasteiger partial charge in [-0.15, -0.1) is 0 Å². The van der Waals surface area contributed by atoms with E-state index in [-0.39, 0.29) is 6.79 Å². The number of methoxy groups -OCH3 is 1. The molecule has 0 aromatic heterocycles. The van der Waals surface area contributed by atoms with Crippen molar-refractivity contribution in [2.75, 3.05) is 13.9 Å². The van der Waals surface area contributed by atoms with Gasteiger partial charge in [0.2, 0.25) is 6.79 Å². The van der Waals surface area contributed by atoms with Crippen molar-refractivity contribution in [3.63, 3.8) is 0 Å². The van der Waals surface area contributed by atoms with E-state index in [0.717, 1.165) is 5.56 Å². The molecule has 1 heterocycles. The van der Waals surface area contributed by atoms with E-state index in [1.165, 1.54) is 0 Å². The van der Waals surface area contributed by atoms with Crippen LogP contribution >= 0.6 is 0 Å². The number of hydrazine groups is 1. The highest BCUT2D eigenvalue weighted by Crippen LogP contribution is 2.32. The van der Waals surface area contributed by atoms with E-state index < -0.39 is 11.8 Å². The quantitative estimate of drug-likeness (QED) is 0.833. The van der Waals surface area contributed by atoms with Crippen molar-refractivity contribution in [1.82, 2.24) is 10.9 Å². The lowest BCUT2D eigenvalue weighted by atomic mass is 10.1. The summed E-state index contributed by atoms with van der Waals surface area (Å²) < 4.78 is 15.4. The molecule has 2 amide bonds. The van der Waals surface area contributed by atoms with Gasteiger partial charge in [-0.3, -0.25) is 20.4 Å². The maximum absolute atomic E-state index is 12.1. The van der Waals surface area contributed by atoms with E-state index in [0.29, 0.717) is 29.2 Å². The van der Waals surface area contributed by atoms with Crippen LogP contribution < -0.4 is 20.3 Å². The monoisotopic (exact) mass is 328 g/mol. The zero-order valence-electron chi connectivity index (χ0n) is 13.0. The van der Waals surface area contributed by atoms with Gasteiger partial charge >= 0.3 is 0 Å². The Morgan fingerprint density at radius 3 is 2.29 bits per heavy atom. The van der Waals surface area contributed by atoms with Crippen molar-refractivity contribution in [3.05, 3.63) is 59.2 Å². The number of hydrogen-bond donors (Lipinski definition) is 2. The Morgan fingerprint density at radius 2 is 1.58 bits per heavy atom. The smallest absolute Gasteiger partial charge is 0.269 e. The minimum Gasteiger partial charge on any atom is -0.454 e. The van der Waals surface area contributed by atoms with Gasteiger partial charge in [0.05, 0.1) is 6.61 Å². The summed E-state index contributed by atoms with van der Waals surface area (Å²) in [5.41, 5.74) is 6.49. The van der Waals surface area contributed by atoms with E-state index in [1.54, 1.807) is 49.6 Å². The van der Waals surface area contributed by atoms with Gasteiger partial charge in [0.25, 0.3) is 11.8 Å². The van der Waals surface area contributed by atoms with Crippen LogP contribution in [0.4, 0.5) is 0 Å². The SMILES string of the molecule is COCc1ccc(C(=O)NNC(=O)c2ccc3c(c2)OCO3)cc1. The molecule has 24 heavy (non-hydrogen) atoms. The summed E-state index contributed by atoms with van der Waals surface area (Å²) in [5.74, 6) is 0.236. The second-order valence-electron chi connectivity index (χ2n) is 5.11. The summed E-state index contributed by atoms with van der Waals surface area (Å²) in [6, 6.07) is 11.7. The number of hydrogen-bond acceptors (Lipinski definition) is 5. The van der Waals surface area contributed by atoms with E-state index in [1.807, 2.05) is 0 Å². The van der Waals surface area contributed by atoms with Crippen LogP contribution in [0.25, 0.3) is 0 Å². The highest BCUT2D eigenvalue weighted by atomic mass is 16.7. The molecule has 7 heteroatoms. The molecule has 2 N–H and O–H groups in total. The number of rotatable bonds is 4. The van der Waals surface area contributed by atoms with Crippen LogP contribution in [0.2, 0.25) is 0 Å². The molecule has 0 saturated carbocycles. The van der Waals surface area contributed by atoms with Crippen LogP contribution in [-0.4, -0.2) is 25.7 Å². The van der Waals surface area contributed by atoms with E-state index in [2.05, 4.69) is 10.9 Å². The molecule has 0 spiro atoms. The molecule has 2 aromatic carbocycles. The molecule has 124 valence electrons. The minimum absolute atomic E-state index is 0.135. The van der Waals surface area contributed by atoms with E-state index in [4.69, 9.17) is 14.2 Å². The van der Waals surface area contributed by atoms with Gasteiger partial charge in [-0.2, -0.15) is 0 Å². The molecule has 0 aliphatic carbocycles. The molecule has 2 aromatic rings. The summed E-state index contributed by atoms with van der Waals surface area (Å²) in [5, 5.41) is 0. The van der Waals surface area contributed by atoms with Gasteiger partial charge in [-0.25, -0.2) is 0 Å². The standard InChI is InChI=1S/C17H16N2O5/c1-22-9-11-2-4-12(5-3-11)16(20)18-19-17(21)13-6-7-14-15(8-13)24-10-23-14/h2-8H,9-10H2,1H3,(H,18,20)(H,19,21). The molecule has 0 atom stereocenters. The molecule has 0 saturated heterocycles. The summed E-state index contributed by atoms with van der Waals surface area (Å²) in [6.07, 6.45) is 0. The molecular weight excluding hydrogens is 312 g/mol. The zero-order chi connectivity index (χ0) is 16.9. The highest BCUT2D eigenvalue weighted by Gasteiger charge is 2.16. The Hall–Kier alpha value is -3.06.